The lowest BCUT2D eigenvalue weighted by Gasteiger charge is -2.09. The number of benzene rings is 2. The lowest BCUT2D eigenvalue weighted by molar-refractivity contribution is 0.601. The molecular weight excluding hydrogens is 286 g/mol. The van der Waals surface area contributed by atoms with Crippen molar-refractivity contribution in [1.29, 1.82) is 5.26 Å². The zero-order valence-corrected chi connectivity index (χ0v) is 11.9. The average Bonchev–Trinajstić information content (AvgIpc) is 2.94. The van der Waals surface area contributed by atoms with Crippen LogP contribution in [-0.2, 0) is 16.4 Å². The van der Waals surface area contributed by atoms with E-state index in [1.54, 1.807) is 18.2 Å². The van der Waals surface area contributed by atoms with E-state index in [-0.39, 0.29) is 4.90 Å². The van der Waals surface area contributed by atoms with Crippen LogP contribution in [-0.4, -0.2) is 15.0 Å². The van der Waals surface area contributed by atoms with E-state index in [1.165, 1.54) is 12.1 Å². The highest BCUT2D eigenvalue weighted by Crippen LogP contribution is 2.26. The SMILES string of the molecule is N#Cc1cccc(S(=O)(=O)Nc2ccc3c(c2)CCN3)c1. The molecular formula is C15H13N3O2S. The molecule has 2 N–H and O–H groups in total. The zero-order valence-electron chi connectivity index (χ0n) is 11.1. The second kappa shape index (κ2) is 5.11. The van der Waals surface area contributed by atoms with Crippen molar-refractivity contribution in [2.24, 2.45) is 0 Å². The smallest absolute Gasteiger partial charge is 0.261 e. The normalized spacial score (nSPS) is 13.1. The van der Waals surface area contributed by atoms with Gasteiger partial charge in [0.05, 0.1) is 16.5 Å². The van der Waals surface area contributed by atoms with E-state index in [0.717, 1.165) is 24.2 Å². The summed E-state index contributed by atoms with van der Waals surface area (Å²) in [5.74, 6) is 0. The molecule has 2 aromatic rings. The van der Waals surface area contributed by atoms with E-state index in [0.29, 0.717) is 11.3 Å². The highest BCUT2D eigenvalue weighted by Gasteiger charge is 2.16. The first-order valence-electron chi connectivity index (χ1n) is 6.48. The van der Waals surface area contributed by atoms with E-state index >= 15 is 0 Å². The molecule has 0 spiro atoms. The van der Waals surface area contributed by atoms with Gasteiger partial charge in [0.25, 0.3) is 10.0 Å². The Balaban J connectivity index is 1.91. The van der Waals surface area contributed by atoms with Crippen molar-refractivity contribution in [3.63, 3.8) is 0 Å². The highest BCUT2D eigenvalue weighted by molar-refractivity contribution is 7.92. The van der Waals surface area contributed by atoms with E-state index in [2.05, 4.69) is 10.0 Å². The van der Waals surface area contributed by atoms with Crippen LogP contribution in [0.4, 0.5) is 11.4 Å². The average molecular weight is 299 g/mol. The van der Waals surface area contributed by atoms with Crippen LogP contribution < -0.4 is 10.0 Å². The molecule has 1 aliphatic heterocycles. The number of rotatable bonds is 3. The molecule has 1 aliphatic rings. The summed E-state index contributed by atoms with van der Waals surface area (Å²) in [5.41, 5.74) is 2.99. The zero-order chi connectivity index (χ0) is 14.9. The Morgan fingerprint density at radius 2 is 2.05 bits per heavy atom. The fourth-order valence-corrected chi connectivity index (χ4v) is 3.41. The minimum absolute atomic E-state index is 0.0835. The summed E-state index contributed by atoms with van der Waals surface area (Å²) in [6, 6.07) is 13.3. The van der Waals surface area contributed by atoms with Crippen molar-refractivity contribution in [2.45, 2.75) is 11.3 Å². The highest BCUT2D eigenvalue weighted by atomic mass is 32.2. The van der Waals surface area contributed by atoms with E-state index in [9.17, 15) is 8.42 Å². The quantitative estimate of drug-likeness (QED) is 0.911. The summed E-state index contributed by atoms with van der Waals surface area (Å²) in [4.78, 5) is 0.0835. The minimum atomic E-state index is -3.68. The van der Waals surface area contributed by atoms with Crippen LogP contribution in [0.2, 0.25) is 0 Å². The number of nitriles is 1. The molecule has 0 saturated heterocycles. The number of nitrogens with one attached hydrogen (secondary N) is 2. The Morgan fingerprint density at radius 1 is 1.19 bits per heavy atom. The van der Waals surface area contributed by atoms with Gasteiger partial charge in [0, 0.05) is 17.9 Å². The first-order valence-corrected chi connectivity index (χ1v) is 7.96. The molecule has 3 rings (SSSR count). The van der Waals surface area contributed by atoms with Gasteiger partial charge in [0.15, 0.2) is 0 Å². The summed E-state index contributed by atoms with van der Waals surface area (Å²) in [6.07, 6.45) is 0.884. The molecule has 0 amide bonds. The second-order valence-electron chi connectivity index (χ2n) is 4.79. The third kappa shape index (κ3) is 2.69. The summed E-state index contributed by atoms with van der Waals surface area (Å²) in [7, 11) is -3.68. The van der Waals surface area contributed by atoms with Gasteiger partial charge >= 0.3 is 0 Å². The standard InChI is InChI=1S/C15H13N3O2S/c16-10-11-2-1-3-14(8-11)21(19,20)18-13-4-5-15-12(9-13)6-7-17-15/h1-5,8-9,17-18H,6-7H2. The Labute approximate surface area is 123 Å². The number of hydrogen-bond acceptors (Lipinski definition) is 4. The minimum Gasteiger partial charge on any atom is -0.384 e. The molecule has 0 saturated carbocycles. The van der Waals surface area contributed by atoms with Gasteiger partial charge in [0.2, 0.25) is 0 Å². The number of sulfonamides is 1. The van der Waals surface area contributed by atoms with Gasteiger partial charge in [-0.3, -0.25) is 4.72 Å². The van der Waals surface area contributed by atoms with Gasteiger partial charge in [-0.05, 0) is 48.4 Å². The summed E-state index contributed by atoms with van der Waals surface area (Å²) >= 11 is 0. The number of fused-ring (bicyclic) bond motifs is 1. The van der Waals surface area contributed by atoms with Gasteiger partial charge in [-0.2, -0.15) is 5.26 Å². The monoisotopic (exact) mass is 299 g/mol. The molecule has 0 fully saturated rings. The van der Waals surface area contributed by atoms with Crippen LogP contribution >= 0.6 is 0 Å². The molecule has 0 aromatic heterocycles. The Morgan fingerprint density at radius 3 is 2.86 bits per heavy atom. The van der Waals surface area contributed by atoms with Gasteiger partial charge in [-0.15, -0.1) is 0 Å². The molecule has 6 heteroatoms. The molecule has 5 nitrogen and oxygen atoms in total. The van der Waals surface area contributed by atoms with Crippen LogP contribution in [0.15, 0.2) is 47.4 Å². The van der Waals surface area contributed by atoms with Gasteiger partial charge < -0.3 is 5.32 Å². The summed E-state index contributed by atoms with van der Waals surface area (Å²) < 4.78 is 27.2. The van der Waals surface area contributed by atoms with Crippen LogP contribution in [0.3, 0.4) is 0 Å². The predicted molar refractivity (Wildman–Crippen MR) is 80.6 cm³/mol. The Kier molecular flexibility index (Phi) is 3.28. The Hall–Kier alpha value is -2.52. The van der Waals surface area contributed by atoms with Crippen molar-refractivity contribution >= 4 is 21.4 Å². The molecule has 0 aliphatic carbocycles. The fraction of sp³-hybridized carbons (Fsp3) is 0.133. The van der Waals surface area contributed by atoms with Crippen molar-refractivity contribution < 1.29 is 8.42 Å². The molecule has 1 heterocycles. The van der Waals surface area contributed by atoms with Crippen molar-refractivity contribution in [1.82, 2.24) is 0 Å². The summed E-state index contributed by atoms with van der Waals surface area (Å²) in [5, 5.41) is 12.1. The van der Waals surface area contributed by atoms with Crippen LogP contribution in [0.25, 0.3) is 0 Å². The van der Waals surface area contributed by atoms with E-state index < -0.39 is 10.0 Å². The molecule has 2 aromatic carbocycles. The molecule has 0 unspecified atom stereocenters. The van der Waals surface area contributed by atoms with Crippen LogP contribution in [0.5, 0.6) is 0 Å². The van der Waals surface area contributed by atoms with Gasteiger partial charge in [0.1, 0.15) is 0 Å². The topological polar surface area (TPSA) is 82.0 Å². The van der Waals surface area contributed by atoms with Crippen molar-refractivity contribution in [3.8, 4) is 6.07 Å². The number of hydrogen-bond donors (Lipinski definition) is 2. The third-order valence-electron chi connectivity index (χ3n) is 3.34. The summed E-state index contributed by atoms with van der Waals surface area (Å²) in [6.45, 7) is 0.871. The maximum atomic E-state index is 12.3. The molecule has 21 heavy (non-hydrogen) atoms. The van der Waals surface area contributed by atoms with Crippen LogP contribution in [0, 0.1) is 11.3 Å². The first-order chi connectivity index (χ1) is 10.1. The van der Waals surface area contributed by atoms with E-state index in [1.807, 2.05) is 18.2 Å². The maximum absolute atomic E-state index is 12.3. The first kappa shape index (κ1) is 13.5. The molecule has 0 radical (unpaired) electrons. The predicted octanol–water partition coefficient (Wildman–Crippen LogP) is 2.33. The van der Waals surface area contributed by atoms with Crippen molar-refractivity contribution in [2.75, 3.05) is 16.6 Å². The second-order valence-corrected chi connectivity index (χ2v) is 6.48. The maximum Gasteiger partial charge on any atom is 0.261 e. The van der Waals surface area contributed by atoms with Gasteiger partial charge in [-0.1, -0.05) is 6.07 Å². The molecule has 106 valence electrons. The van der Waals surface area contributed by atoms with E-state index in [4.69, 9.17) is 5.26 Å². The third-order valence-corrected chi connectivity index (χ3v) is 4.72. The Bertz CT molecular complexity index is 838. The lowest BCUT2D eigenvalue weighted by Crippen LogP contribution is -2.13. The lowest BCUT2D eigenvalue weighted by atomic mass is 10.1. The largest absolute Gasteiger partial charge is 0.384 e. The van der Waals surface area contributed by atoms with Crippen LogP contribution in [0.1, 0.15) is 11.1 Å². The number of nitrogens with zero attached hydrogens (tertiary/aromatic N) is 1. The fourth-order valence-electron chi connectivity index (χ4n) is 2.32. The molecule has 0 bridgehead atoms. The van der Waals surface area contributed by atoms with Gasteiger partial charge in [-0.25, -0.2) is 8.42 Å². The number of anilines is 2. The molecule has 0 atom stereocenters. The van der Waals surface area contributed by atoms with Crippen molar-refractivity contribution in [3.05, 3.63) is 53.6 Å².